The summed E-state index contributed by atoms with van der Waals surface area (Å²) in [6.45, 7) is 16.7. The van der Waals surface area contributed by atoms with Crippen LogP contribution in [0.5, 0.6) is 0 Å². The molecule has 2 aromatic rings. The summed E-state index contributed by atoms with van der Waals surface area (Å²) >= 11 is 0. The average molecular weight is 548 g/mol. The van der Waals surface area contributed by atoms with Crippen LogP contribution in [0.4, 0.5) is 5.69 Å². The molecule has 1 aliphatic carbocycles. The molecule has 9 heteroatoms. The zero-order valence-corrected chi connectivity index (χ0v) is 24.5. The molecule has 2 bridgehead atoms. The molecule has 0 saturated carbocycles. The smallest absolute Gasteiger partial charge is 0.291 e. The Balaban J connectivity index is 1.32. The number of H-pyrrole nitrogens is 1. The summed E-state index contributed by atoms with van der Waals surface area (Å²) in [5.41, 5.74) is 3.78. The molecule has 4 unspecified atom stereocenters. The summed E-state index contributed by atoms with van der Waals surface area (Å²) in [4.78, 5) is 29.5. The van der Waals surface area contributed by atoms with Gasteiger partial charge in [0.1, 0.15) is 12.2 Å². The number of carbonyl (C=O) groups is 1. The minimum absolute atomic E-state index is 0.117. The highest BCUT2D eigenvalue weighted by Crippen LogP contribution is 2.58. The third-order valence-corrected chi connectivity index (χ3v) is 9.06. The monoisotopic (exact) mass is 547 g/mol. The molecular formula is C31H41N5O4. The number of carbonyl (C=O) groups excluding carboxylic acids is 1. The largest absolute Gasteiger partial charge is 0.363 e. The van der Waals surface area contributed by atoms with Gasteiger partial charge in [0.05, 0.1) is 41.0 Å². The van der Waals surface area contributed by atoms with Crippen LogP contribution in [0.3, 0.4) is 0 Å². The molecule has 5 heterocycles. The minimum atomic E-state index is -0.613. The standard InChI is InChI=1S/C31H41N5O4/c1-28(2)12-10-18(11-13-28)23-22(36-27(37)26-33-17-20(34-26)16-32-7)9-8-21(35-23)19-14-30(5)24-25(31(6,15-19)40-30)39-29(3,4)38-24/h8-10,17,19,24-25H,7,11-16H2,1-6H3,(H,33,34)(H,36,37). The molecule has 0 radical (unpaired) electrons. The molecular weight excluding hydrogens is 506 g/mol. The van der Waals surface area contributed by atoms with Crippen LogP contribution >= 0.6 is 0 Å². The number of hydrogen-bond acceptors (Lipinski definition) is 7. The topological polar surface area (TPSA) is 111 Å². The van der Waals surface area contributed by atoms with E-state index in [1.807, 2.05) is 26.0 Å². The Kier molecular flexibility index (Phi) is 6.36. The van der Waals surface area contributed by atoms with Crippen molar-refractivity contribution in [2.75, 3.05) is 5.32 Å². The zero-order valence-electron chi connectivity index (χ0n) is 24.5. The molecule has 2 N–H and O–H groups in total. The van der Waals surface area contributed by atoms with Gasteiger partial charge in [-0.3, -0.25) is 14.8 Å². The van der Waals surface area contributed by atoms with E-state index >= 15 is 0 Å². The number of pyridine rings is 1. The van der Waals surface area contributed by atoms with E-state index < -0.39 is 17.0 Å². The van der Waals surface area contributed by atoms with Gasteiger partial charge < -0.3 is 24.5 Å². The number of nitrogens with one attached hydrogen (secondary N) is 2. The number of amides is 1. The molecule has 2 aromatic heterocycles. The van der Waals surface area contributed by atoms with Crippen molar-refractivity contribution >= 4 is 23.9 Å². The highest BCUT2D eigenvalue weighted by Gasteiger charge is 2.68. The first-order valence-electron chi connectivity index (χ1n) is 14.3. The second-order valence-corrected chi connectivity index (χ2v) is 13.6. The highest BCUT2D eigenvalue weighted by molar-refractivity contribution is 6.03. The SMILES string of the molecule is C=NCc1cnc(C(=O)Nc2ccc(C3CC4(C)OC(C)(C3)C3OC(C)(C)OC34)nc2C2=CCC(C)(C)CC2)[nH]1. The number of allylic oxidation sites excluding steroid dienone is 2. The molecule has 3 aliphatic heterocycles. The van der Waals surface area contributed by atoms with Crippen molar-refractivity contribution in [1.82, 2.24) is 15.0 Å². The van der Waals surface area contributed by atoms with Crippen molar-refractivity contribution in [3.05, 3.63) is 47.3 Å². The number of aliphatic imine (C=N–C) groups is 1. The molecule has 0 spiro atoms. The molecule has 214 valence electrons. The second kappa shape index (κ2) is 9.33. The number of ether oxygens (including phenoxy) is 3. The van der Waals surface area contributed by atoms with Crippen LogP contribution in [0.15, 0.2) is 29.4 Å². The predicted molar refractivity (Wildman–Crippen MR) is 153 cm³/mol. The van der Waals surface area contributed by atoms with Gasteiger partial charge in [-0.05, 0) is 89.6 Å². The van der Waals surface area contributed by atoms with Crippen LogP contribution in [0.2, 0.25) is 0 Å². The Morgan fingerprint density at radius 1 is 1.12 bits per heavy atom. The first-order chi connectivity index (χ1) is 18.8. The van der Waals surface area contributed by atoms with Crippen LogP contribution in [-0.2, 0) is 20.8 Å². The Bertz CT molecular complexity index is 1350. The van der Waals surface area contributed by atoms with Gasteiger partial charge in [0.2, 0.25) is 0 Å². The van der Waals surface area contributed by atoms with Gasteiger partial charge in [-0.1, -0.05) is 19.9 Å². The van der Waals surface area contributed by atoms with E-state index in [9.17, 15) is 4.79 Å². The number of aromatic amines is 1. The van der Waals surface area contributed by atoms with E-state index in [-0.39, 0.29) is 35.3 Å². The van der Waals surface area contributed by atoms with E-state index in [1.54, 1.807) is 6.20 Å². The molecule has 3 fully saturated rings. The summed E-state index contributed by atoms with van der Waals surface area (Å²) in [5.74, 6) is -0.508. The van der Waals surface area contributed by atoms with Gasteiger partial charge in [0, 0.05) is 11.6 Å². The van der Waals surface area contributed by atoms with Crippen LogP contribution < -0.4 is 5.32 Å². The molecule has 6 rings (SSSR count). The summed E-state index contributed by atoms with van der Waals surface area (Å²) in [6.07, 6.45) is 8.20. The molecule has 0 aromatic carbocycles. The number of aromatic nitrogens is 3. The third-order valence-electron chi connectivity index (χ3n) is 9.06. The summed E-state index contributed by atoms with van der Waals surface area (Å²) in [6, 6.07) is 4.04. The first kappa shape index (κ1) is 27.3. The van der Waals surface area contributed by atoms with Gasteiger partial charge >= 0.3 is 0 Å². The molecule has 3 saturated heterocycles. The van der Waals surface area contributed by atoms with Crippen molar-refractivity contribution in [3.8, 4) is 0 Å². The number of fused-ring (bicyclic) bond motifs is 5. The van der Waals surface area contributed by atoms with Gasteiger partial charge in [0.15, 0.2) is 11.6 Å². The number of rotatable bonds is 6. The fourth-order valence-corrected chi connectivity index (χ4v) is 7.07. The lowest BCUT2D eigenvalue weighted by atomic mass is 9.77. The highest BCUT2D eigenvalue weighted by atomic mass is 16.8. The molecule has 1 amide bonds. The normalized spacial score (nSPS) is 33.8. The van der Waals surface area contributed by atoms with Gasteiger partial charge in [-0.25, -0.2) is 4.98 Å². The first-order valence-corrected chi connectivity index (χ1v) is 14.3. The van der Waals surface area contributed by atoms with Crippen LogP contribution in [0.25, 0.3) is 5.57 Å². The lowest BCUT2D eigenvalue weighted by Gasteiger charge is -2.43. The Hall–Kier alpha value is -2.88. The van der Waals surface area contributed by atoms with Crippen molar-refractivity contribution in [2.24, 2.45) is 10.4 Å². The average Bonchev–Trinajstić information content (AvgIpc) is 3.52. The maximum Gasteiger partial charge on any atom is 0.291 e. The van der Waals surface area contributed by atoms with E-state index in [2.05, 4.69) is 60.8 Å². The zero-order chi connectivity index (χ0) is 28.5. The van der Waals surface area contributed by atoms with Crippen LogP contribution in [0, 0.1) is 5.41 Å². The van der Waals surface area contributed by atoms with Crippen molar-refractivity contribution in [3.63, 3.8) is 0 Å². The Morgan fingerprint density at radius 3 is 2.45 bits per heavy atom. The van der Waals surface area contributed by atoms with Crippen molar-refractivity contribution in [1.29, 1.82) is 0 Å². The number of nitrogens with zero attached hydrogens (tertiary/aromatic N) is 3. The van der Waals surface area contributed by atoms with E-state index in [4.69, 9.17) is 19.2 Å². The maximum atomic E-state index is 13.2. The summed E-state index contributed by atoms with van der Waals surface area (Å²) in [5, 5.41) is 3.07. The fraction of sp³-hybridized carbons (Fsp3) is 0.613. The number of imidazole rings is 1. The van der Waals surface area contributed by atoms with Gasteiger partial charge in [0.25, 0.3) is 5.91 Å². The third kappa shape index (κ3) is 4.82. The molecule has 4 atom stereocenters. The Morgan fingerprint density at radius 2 is 1.82 bits per heavy atom. The molecule has 4 aliphatic rings. The summed E-state index contributed by atoms with van der Waals surface area (Å²) < 4.78 is 19.3. The lowest BCUT2D eigenvalue weighted by Crippen LogP contribution is -2.46. The number of hydrogen-bond donors (Lipinski definition) is 2. The summed E-state index contributed by atoms with van der Waals surface area (Å²) in [7, 11) is 0. The van der Waals surface area contributed by atoms with Gasteiger partial charge in [-0.15, -0.1) is 0 Å². The Labute approximate surface area is 236 Å². The van der Waals surface area contributed by atoms with E-state index in [1.165, 1.54) is 5.57 Å². The quantitative estimate of drug-likeness (QED) is 0.443. The predicted octanol–water partition coefficient (Wildman–Crippen LogP) is 5.80. The van der Waals surface area contributed by atoms with Crippen LogP contribution in [0.1, 0.15) is 107 Å². The van der Waals surface area contributed by atoms with Gasteiger partial charge in [-0.2, -0.15) is 0 Å². The fourth-order valence-electron chi connectivity index (χ4n) is 7.07. The van der Waals surface area contributed by atoms with Crippen molar-refractivity contribution in [2.45, 2.75) is 115 Å². The molecule has 40 heavy (non-hydrogen) atoms. The maximum absolute atomic E-state index is 13.2. The second-order valence-electron chi connectivity index (χ2n) is 13.6. The molecule has 9 nitrogen and oxygen atoms in total. The van der Waals surface area contributed by atoms with Crippen molar-refractivity contribution < 1.29 is 19.0 Å². The number of anilines is 1. The van der Waals surface area contributed by atoms with E-state index in [0.717, 1.165) is 49.2 Å². The minimum Gasteiger partial charge on any atom is -0.363 e. The van der Waals surface area contributed by atoms with Crippen LogP contribution in [-0.4, -0.2) is 56.8 Å². The lowest BCUT2D eigenvalue weighted by molar-refractivity contribution is -0.242. The van der Waals surface area contributed by atoms with E-state index in [0.29, 0.717) is 12.2 Å².